The van der Waals surface area contributed by atoms with Crippen LogP contribution in [0.1, 0.15) is 18.4 Å². The summed E-state index contributed by atoms with van der Waals surface area (Å²) in [5, 5.41) is 12.0. The molecule has 1 heterocycles. The Morgan fingerprint density at radius 1 is 1.52 bits per heavy atom. The third kappa shape index (κ3) is 5.06. The molecule has 0 spiro atoms. The molecule has 23 heavy (non-hydrogen) atoms. The van der Waals surface area contributed by atoms with Crippen molar-refractivity contribution in [3.8, 4) is 11.8 Å². The van der Waals surface area contributed by atoms with Gasteiger partial charge in [0.05, 0.1) is 20.4 Å². The van der Waals surface area contributed by atoms with Gasteiger partial charge >= 0.3 is 0 Å². The van der Waals surface area contributed by atoms with E-state index in [4.69, 9.17) is 9.47 Å². The van der Waals surface area contributed by atoms with Gasteiger partial charge in [-0.15, -0.1) is 0 Å². The van der Waals surface area contributed by atoms with E-state index in [9.17, 15) is 10.1 Å². The summed E-state index contributed by atoms with van der Waals surface area (Å²) in [4.78, 5) is 12.1. The Morgan fingerprint density at radius 2 is 2.22 bits per heavy atom. The first-order chi connectivity index (χ1) is 11.0. The number of rotatable bonds is 5. The lowest BCUT2D eigenvalue weighted by atomic mass is 10.1. The van der Waals surface area contributed by atoms with Gasteiger partial charge in [-0.25, -0.2) is 0 Å². The molecule has 1 saturated heterocycles. The number of nitriles is 1. The third-order valence-corrected chi connectivity index (χ3v) is 5.02. The molecule has 0 radical (unpaired) electrons. The second kappa shape index (κ2) is 8.84. The number of amides is 1. The zero-order valence-corrected chi connectivity index (χ0v) is 16.9. The van der Waals surface area contributed by atoms with Gasteiger partial charge in [-0.05, 0) is 81.8 Å². The molecule has 1 aliphatic rings. The van der Waals surface area contributed by atoms with E-state index in [1.807, 2.05) is 18.2 Å². The quantitative estimate of drug-likeness (QED) is 0.356. The number of ether oxygens (including phenoxy) is 2. The van der Waals surface area contributed by atoms with Crippen LogP contribution in [-0.2, 0) is 9.53 Å². The molecule has 7 heteroatoms. The van der Waals surface area contributed by atoms with Crippen molar-refractivity contribution in [3.63, 3.8) is 0 Å². The zero-order chi connectivity index (χ0) is 16.8. The summed E-state index contributed by atoms with van der Waals surface area (Å²) in [5.74, 6) is 0.425. The van der Waals surface area contributed by atoms with Crippen molar-refractivity contribution in [1.29, 1.82) is 5.26 Å². The van der Waals surface area contributed by atoms with Crippen LogP contribution in [0.25, 0.3) is 6.08 Å². The summed E-state index contributed by atoms with van der Waals surface area (Å²) in [7, 11) is 1.62. The summed E-state index contributed by atoms with van der Waals surface area (Å²) in [6, 6.07) is 5.73. The van der Waals surface area contributed by atoms with Gasteiger partial charge in [-0.2, -0.15) is 5.26 Å². The minimum absolute atomic E-state index is 0.0572. The Kier molecular flexibility index (Phi) is 7.10. The lowest BCUT2D eigenvalue weighted by Crippen LogP contribution is -2.32. The number of methoxy groups -OCH3 is 1. The number of nitrogens with zero attached hydrogens (tertiary/aromatic N) is 1. The Bertz CT molecular complexity index is 639. The molecule has 1 aromatic rings. The van der Waals surface area contributed by atoms with Crippen LogP contribution in [0, 0.1) is 18.5 Å². The molecule has 2 rings (SSSR count). The molecule has 1 amide bonds. The van der Waals surface area contributed by atoms with Crippen molar-refractivity contribution in [2.24, 2.45) is 0 Å². The van der Waals surface area contributed by atoms with E-state index >= 15 is 0 Å². The molecule has 0 unspecified atom stereocenters. The smallest absolute Gasteiger partial charge is 0.262 e. The predicted octanol–water partition coefficient (Wildman–Crippen LogP) is 3.11. The highest BCUT2D eigenvalue weighted by atomic mass is 127. The van der Waals surface area contributed by atoms with Crippen LogP contribution < -0.4 is 10.1 Å². The molecule has 0 saturated carbocycles. The molecule has 0 bridgehead atoms. The highest BCUT2D eigenvalue weighted by Crippen LogP contribution is 2.29. The Morgan fingerprint density at radius 3 is 2.74 bits per heavy atom. The molecule has 0 aromatic heterocycles. The van der Waals surface area contributed by atoms with Gasteiger partial charge in [-0.1, -0.05) is 0 Å². The summed E-state index contributed by atoms with van der Waals surface area (Å²) in [6.07, 6.45) is 3.61. The molecule has 1 aliphatic heterocycles. The molecular formula is C16H16I2N2O3. The minimum Gasteiger partial charge on any atom is -0.495 e. The first-order valence-electron chi connectivity index (χ1n) is 7.09. The van der Waals surface area contributed by atoms with Gasteiger partial charge in [0.2, 0.25) is 0 Å². The Balaban J connectivity index is 2.11. The van der Waals surface area contributed by atoms with Crippen LogP contribution in [0.3, 0.4) is 0 Å². The number of nitrogens with one attached hydrogen (secondary N) is 1. The average molecular weight is 538 g/mol. The fraction of sp³-hybridized carbons (Fsp3) is 0.375. The molecule has 0 aliphatic carbocycles. The average Bonchev–Trinajstić information content (AvgIpc) is 3.03. The van der Waals surface area contributed by atoms with E-state index in [1.54, 1.807) is 13.2 Å². The number of carbonyl (C=O) groups excluding carboxylic acids is 1. The van der Waals surface area contributed by atoms with Crippen molar-refractivity contribution in [2.75, 3.05) is 20.3 Å². The maximum atomic E-state index is 12.1. The van der Waals surface area contributed by atoms with Gasteiger partial charge in [-0.3, -0.25) is 4.79 Å². The van der Waals surface area contributed by atoms with E-state index < -0.39 is 0 Å². The summed E-state index contributed by atoms with van der Waals surface area (Å²) in [5.41, 5.74) is 0.878. The van der Waals surface area contributed by atoms with Crippen LogP contribution in [0.4, 0.5) is 0 Å². The molecule has 1 N–H and O–H groups in total. The number of hydrogen-bond donors (Lipinski definition) is 1. The first kappa shape index (κ1) is 18.5. The fourth-order valence-electron chi connectivity index (χ4n) is 2.28. The molecule has 5 nitrogen and oxygen atoms in total. The molecule has 1 aromatic carbocycles. The van der Waals surface area contributed by atoms with E-state index in [1.165, 1.54) is 0 Å². The highest BCUT2D eigenvalue weighted by molar-refractivity contribution is 14.1. The van der Waals surface area contributed by atoms with Crippen LogP contribution in [0.5, 0.6) is 5.75 Å². The largest absolute Gasteiger partial charge is 0.495 e. The van der Waals surface area contributed by atoms with Crippen LogP contribution in [0.15, 0.2) is 17.7 Å². The summed E-state index contributed by atoms with van der Waals surface area (Å²) < 4.78 is 12.6. The van der Waals surface area contributed by atoms with E-state index in [-0.39, 0.29) is 17.6 Å². The monoisotopic (exact) mass is 538 g/mol. The van der Waals surface area contributed by atoms with Crippen LogP contribution >= 0.6 is 45.2 Å². The second-order valence-electron chi connectivity index (χ2n) is 5.03. The van der Waals surface area contributed by atoms with Gasteiger partial charge in [0, 0.05) is 13.2 Å². The molecule has 122 valence electrons. The lowest BCUT2D eigenvalue weighted by Gasteiger charge is -2.10. The van der Waals surface area contributed by atoms with Crippen LogP contribution in [0.2, 0.25) is 0 Å². The van der Waals surface area contributed by atoms with Crippen molar-refractivity contribution < 1.29 is 14.3 Å². The maximum Gasteiger partial charge on any atom is 0.262 e. The Hall–Kier alpha value is -0.860. The van der Waals surface area contributed by atoms with Gasteiger partial charge in [0.1, 0.15) is 17.4 Å². The normalized spacial score (nSPS) is 17.7. The summed E-state index contributed by atoms with van der Waals surface area (Å²) in [6.45, 7) is 1.18. The first-order valence-corrected chi connectivity index (χ1v) is 9.25. The predicted molar refractivity (Wildman–Crippen MR) is 104 cm³/mol. The lowest BCUT2D eigenvalue weighted by molar-refractivity contribution is -0.117. The number of halogens is 2. The number of hydrogen-bond acceptors (Lipinski definition) is 4. The van der Waals surface area contributed by atoms with E-state index in [2.05, 4.69) is 50.5 Å². The fourth-order valence-corrected chi connectivity index (χ4v) is 4.54. The highest BCUT2D eigenvalue weighted by Gasteiger charge is 2.17. The van der Waals surface area contributed by atoms with Crippen molar-refractivity contribution >= 4 is 57.2 Å². The standard InChI is InChI=1S/C16H16I2N2O3/c1-22-15-13(17)6-10(7-14(15)18)5-11(8-19)16(21)20-9-12-3-2-4-23-12/h5-7,12H,2-4,9H2,1H3,(H,20,21)/b11-5+/t12-/m0/s1. The third-order valence-electron chi connectivity index (χ3n) is 3.42. The minimum atomic E-state index is -0.371. The summed E-state index contributed by atoms with van der Waals surface area (Å²) >= 11 is 4.34. The van der Waals surface area contributed by atoms with E-state index in [0.29, 0.717) is 6.54 Å². The SMILES string of the molecule is COc1c(I)cc(/C=C(\C#N)C(=O)NC[C@@H]2CCCO2)cc1I. The van der Waals surface area contributed by atoms with E-state index in [0.717, 1.165) is 37.9 Å². The number of carbonyl (C=O) groups is 1. The Labute approximate surface area is 162 Å². The maximum absolute atomic E-state index is 12.1. The van der Waals surface area contributed by atoms with Crippen LogP contribution in [-0.4, -0.2) is 32.3 Å². The molecule has 1 fully saturated rings. The second-order valence-corrected chi connectivity index (χ2v) is 7.36. The number of benzene rings is 1. The topological polar surface area (TPSA) is 71.3 Å². The van der Waals surface area contributed by atoms with Crippen molar-refractivity contribution in [3.05, 3.63) is 30.4 Å². The van der Waals surface area contributed by atoms with Gasteiger partial charge in [0.25, 0.3) is 5.91 Å². The van der Waals surface area contributed by atoms with Crippen molar-refractivity contribution in [1.82, 2.24) is 5.32 Å². The molecular weight excluding hydrogens is 522 g/mol. The van der Waals surface area contributed by atoms with Gasteiger partial charge in [0.15, 0.2) is 0 Å². The molecule has 1 atom stereocenters. The zero-order valence-electron chi connectivity index (χ0n) is 12.6. The van der Waals surface area contributed by atoms with Gasteiger partial charge < -0.3 is 14.8 Å². The van der Waals surface area contributed by atoms with Crippen molar-refractivity contribution in [2.45, 2.75) is 18.9 Å².